The van der Waals surface area contributed by atoms with Crippen LogP contribution in [0.4, 0.5) is 0 Å². The van der Waals surface area contributed by atoms with Gasteiger partial charge in [-0.2, -0.15) is 0 Å². The average molecular weight is 451 g/mol. The monoisotopic (exact) mass is 450 g/mol. The van der Waals surface area contributed by atoms with Crippen molar-refractivity contribution in [2.24, 2.45) is 0 Å². The second-order valence-electron chi connectivity index (χ2n) is 8.22. The Bertz CT molecular complexity index is 818. The van der Waals surface area contributed by atoms with Crippen LogP contribution in [0.3, 0.4) is 0 Å². The van der Waals surface area contributed by atoms with E-state index in [2.05, 4.69) is 91.0 Å². The lowest BCUT2D eigenvalue weighted by molar-refractivity contribution is 0.369. The topological polar surface area (TPSA) is 27.7 Å². The van der Waals surface area contributed by atoms with E-state index >= 15 is 0 Å². The summed E-state index contributed by atoms with van der Waals surface area (Å²) in [6.07, 6.45) is 0. The van der Waals surface area contributed by atoms with Gasteiger partial charge in [-0.25, -0.2) is 0 Å². The van der Waals surface area contributed by atoms with E-state index in [-0.39, 0.29) is 0 Å². The van der Waals surface area contributed by atoms with Gasteiger partial charge in [0.2, 0.25) is 25.0 Å². The van der Waals surface area contributed by atoms with E-state index in [1.807, 2.05) is 21.3 Å². The molecule has 30 heavy (non-hydrogen) atoms. The van der Waals surface area contributed by atoms with Crippen molar-refractivity contribution >= 4 is 40.5 Å². The minimum Gasteiger partial charge on any atom is -0.416 e. The van der Waals surface area contributed by atoms with Crippen LogP contribution in [0.1, 0.15) is 0 Å². The van der Waals surface area contributed by atoms with E-state index in [1.54, 1.807) is 0 Å². The van der Waals surface area contributed by atoms with Crippen molar-refractivity contribution in [2.75, 3.05) is 21.3 Å². The maximum absolute atomic E-state index is 6.57. The van der Waals surface area contributed by atoms with E-state index in [9.17, 15) is 0 Å². The van der Waals surface area contributed by atoms with E-state index in [4.69, 9.17) is 13.3 Å². The lowest BCUT2D eigenvalue weighted by atomic mass is 10.4. The van der Waals surface area contributed by atoms with Crippen molar-refractivity contribution in [3.05, 3.63) is 91.0 Å². The summed E-state index contributed by atoms with van der Waals surface area (Å²) in [5.74, 6) is 0. The molecule has 0 bridgehead atoms. The van der Waals surface area contributed by atoms with E-state index in [0.29, 0.717) is 0 Å². The second-order valence-corrected chi connectivity index (χ2v) is 21.4. The third-order valence-corrected chi connectivity index (χ3v) is 27.0. The zero-order chi connectivity index (χ0) is 21.1. The summed E-state index contributed by atoms with van der Waals surface area (Å²) in [5, 5.41) is 4.05. The van der Waals surface area contributed by atoms with Crippen LogP contribution in [0, 0.1) is 0 Å². The first-order chi connectivity index (χ1) is 14.6. The molecular formula is C24H30O3Si3. The molecule has 0 atom stereocenters. The van der Waals surface area contributed by atoms with Crippen molar-refractivity contribution in [3.63, 3.8) is 0 Å². The molecule has 0 spiro atoms. The van der Waals surface area contributed by atoms with Crippen LogP contribution in [0.25, 0.3) is 0 Å². The molecule has 1 aliphatic rings. The highest BCUT2D eigenvalue weighted by atomic mass is 28.5. The van der Waals surface area contributed by atoms with Crippen LogP contribution in [0.5, 0.6) is 0 Å². The van der Waals surface area contributed by atoms with Crippen molar-refractivity contribution < 1.29 is 13.3 Å². The largest absolute Gasteiger partial charge is 0.416 e. The predicted molar refractivity (Wildman–Crippen MR) is 131 cm³/mol. The first-order valence-electron chi connectivity index (χ1n) is 10.4. The lowest BCUT2D eigenvalue weighted by Gasteiger charge is -2.51. The Kier molecular flexibility index (Phi) is 6.24. The molecule has 1 fully saturated rings. The third kappa shape index (κ3) is 3.68. The number of rotatable bonds is 6. The maximum Gasteiger partial charge on any atom is 0.223 e. The normalized spacial score (nSPS) is 28.9. The number of hydrogen-bond donors (Lipinski definition) is 0. The van der Waals surface area contributed by atoms with Crippen molar-refractivity contribution in [1.29, 1.82) is 0 Å². The standard InChI is InChI=1S/C24H30O3Si3/c1-25-28(22-13-7-4-8-14-22)19-29(26-2,23-15-9-5-10-16-23)21-30(20-28,27-3)24-17-11-6-12-18-24/h4-18H,19-21H2,1-3H3. The number of benzene rings is 3. The molecule has 0 amide bonds. The molecule has 1 saturated heterocycles. The molecule has 156 valence electrons. The van der Waals surface area contributed by atoms with Gasteiger partial charge in [0, 0.05) is 21.3 Å². The van der Waals surface area contributed by atoms with Gasteiger partial charge in [0.15, 0.2) is 0 Å². The van der Waals surface area contributed by atoms with Gasteiger partial charge in [-0.3, -0.25) is 0 Å². The van der Waals surface area contributed by atoms with Crippen molar-refractivity contribution in [1.82, 2.24) is 0 Å². The van der Waals surface area contributed by atoms with Gasteiger partial charge in [-0.15, -0.1) is 0 Å². The fourth-order valence-corrected chi connectivity index (χ4v) is 32.6. The second kappa shape index (κ2) is 8.74. The molecular weight excluding hydrogens is 421 g/mol. The van der Waals surface area contributed by atoms with Gasteiger partial charge in [-0.1, -0.05) is 91.0 Å². The van der Waals surface area contributed by atoms with Crippen LogP contribution < -0.4 is 15.6 Å². The van der Waals surface area contributed by atoms with E-state index in [0.717, 1.165) is 17.0 Å². The molecule has 3 aromatic rings. The van der Waals surface area contributed by atoms with Crippen LogP contribution >= 0.6 is 0 Å². The lowest BCUT2D eigenvalue weighted by Crippen LogP contribution is -2.75. The highest BCUT2D eigenvalue weighted by molar-refractivity contribution is 7.19. The summed E-state index contributed by atoms with van der Waals surface area (Å²) >= 11 is 0. The Morgan fingerprint density at radius 1 is 0.433 bits per heavy atom. The van der Waals surface area contributed by atoms with Crippen LogP contribution in [0.2, 0.25) is 17.0 Å². The Balaban J connectivity index is 1.95. The minimum absolute atomic E-state index is 1.02. The number of hydrogen-bond acceptors (Lipinski definition) is 3. The van der Waals surface area contributed by atoms with Gasteiger partial charge in [0.25, 0.3) is 0 Å². The third-order valence-electron chi connectivity index (χ3n) is 6.79. The SMILES string of the molecule is CO[Si]1(c2ccccc2)C[Si](OC)(c2ccccc2)C[Si](OC)(c2ccccc2)C1. The highest BCUT2D eigenvalue weighted by Gasteiger charge is 2.62. The highest BCUT2D eigenvalue weighted by Crippen LogP contribution is 2.41. The van der Waals surface area contributed by atoms with Gasteiger partial charge < -0.3 is 13.3 Å². The fraction of sp³-hybridized carbons (Fsp3) is 0.250. The summed E-state index contributed by atoms with van der Waals surface area (Å²) in [4.78, 5) is 0. The zero-order valence-electron chi connectivity index (χ0n) is 18.0. The molecule has 0 aliphatic carbocycles. The Morgan fingerprint density at radius 3 is 0.867 bits per heavy atom. The molecule has 0 saturated carbocycles. The molecule has 3 nitrogen and oxygen atoms in total. The zero-order valence-corrected chi connectivity index (χ0v) is 21.0. The van der Waals surface area contributed by atoms with Gasteiger partial charge >= 0.3 is 0 Å². The molecule has 0 unspecified atom stereocenters. The van der Waals surface area contributed by atoms with Crippen LogP contribution in [0.15, 0.2) is 91.0 Å². The smallest absolute Gasteiger partial charge is 0.223 e. The van der Waals surface area contributed by atoms with Crippen LogP contribution in [-0.2, 0) is 13.3 Å². The van der Waals surface area contributed by atoms with Gasteiger partial charge in [-0.05, 0) is 32.6 Å². The summed E-state index contributed by atoms with van der Waals surface area (Å²) in [6, 6.07) is 32.6. The fourth-order valence-electron chi connectivity index (χ4n) is 5.20. The summed E-state index contributed by atoms with van der Waals surface area (Å²) in [5.41, 5.74) is 3.06. The van der Waals surface area contributed by atoms with Crippen molar-refractivity contribution in [2.45, 2.75) is 17.0 Å². The van der Waals surface area contributed by atoms with Crippen LogP contribution in [-0.4, -0.2) is 46.3 Å². The Morgan fingerprint density at radius 2 is 0.667 bits per heavy atom. The van der Waals surface area contributed by atoms with E-state index < -0.39 is 25.0 Å². The Hall–Kier alpha value is -1.81. The Labute approximate surface area is 183 Å². The quantitative estimate of drug-likeness (QED) is 0.540. The first-order valence-corrected chi connectivity index (χ1v) is 17.4. The van der Waals surface area contributed by atoms with E-state index in [1.165, 1.54) is 15.6 Å². The molecule has 6 heteroatoms. The molecule has 4 rings (SSSR count). The van der Waals surface area contributed by atoms with Gasteiger partial charge in [0.05, 0.1) is 0 Å². The average Bonchev–Trinajstić information content (AvgIpc) is 2.85. The summed E-state index contributed by atoms with van der Waals surface area (Å²) in [7, 11) is -1.29. The minimum atomic E-state index is -2.34. The molecule has 0 radical (unpaired) electrons. The molecule has 0 N–H and O–H groups in total. The molecule has 1 heterocycles. The van der Waals surface area contributed by atoms with Gasteiger partial charge in [0.1, 0.15) is 0 Å². The van der Waals surface area contributed by atoms with Crippen molar-refractivity contribution in [3.8, 4) is 0 Å². The molecule has 1 aliphatic heterocycles. The summed E-state index contributed by atoms with van der Waals surface area (Å²) in [6.45, 7) is 0. The first kappa shape index (κ1) is 21.4. The predicted octanol–water partition coefficient (Wildman–Crippen LogP) is 3.11. The summed E-state index contributed by atoms with van der Waals surface area (Å²) < 4.78 is 19.7. The maximum atomic E-state index is 6.57. The molecule has 0 aromatic heterocycles. The molecule has 3 aromatic carbocycles.